The highest BCUT2D eigenvalue weighted by atomic mass is 15.6. The molecule has 4 nitrogen and oxygen atoms in total. The number of hydrogen-bond acceptors (Lipinski definition) is 3. The highest BCUT2D eigenvalue weighted by Crippen LogP contribution is 2.26. The molecule has 0 bridgehead atoms. The Hall–Kier alpha value is -1.06. The van der Waals surface area contributed by atoms with Crippen molar-refractivity contribution in [2.45, 2.75) is 45.4 Å². The lowest BCUT2D eigenvalue weighted by Crippen LogP contribution is -2.17. The third-order valence-corrected chi connectivity index (χ3v) is 2.57. The summed E-state index contributed by atoms with van der Waals surface area (Å²) < 4.78 is 0. The molecule has 80 valence electrons. The molecule has 0 aliphatic carbocycles. The first kappa shape index (κ1) is 11.0. The fourth-order valence-electron chi connectivity index (χ4n) is 1.43. The highest BCUT2D eigenvalue weighted by Gasteiger charge is 2.23. The molecule has 0 aliphatic heterocycles. The van der Waals surface area contributed by atoms with Gasteiger partial charge in [0, 0.05) is 12.5 Å². The predicted molar refractivity (Wildman–Crippen MR) is 57.9 cm³/mol. The van der Waals surface area contributed by atoms with Gasteiger partial charge in [-0.25, -0.2) is 0 Å². The van der Waals surface area contributed by atoms with Crippen LogP contribution in [-0.4, -0.2) is 22.2 Å². The van der Waals surface area contributed by atoms with Crippen molar-refractivity contribution in [2.24, 2.45) is 0 Å². The number of aromatic nitrogens is 3. The molecule has 1 aromatic heterocycles. The van der Waals surface area contributed by atoms with Crippen molar-refractivity contribution in [3.05, 3.63) is 11.9 Å². The van der Waals surface area contributed by atoms with Gasteiger partial charge in [-0.2, -0.15) is 4.79 Å². The number of unbranched alkanes of at least 4 members (excludes halogenated alkanes) is 1. The van der Waals surface area contributed by atoms with Crippen LogP contribution in [0.4, 0.5) is 0 Å². The van der Waals surface area contributed by atoms with Crippen molar-refractivity contribution in [1.82, 2.24) is 15.1 Å². The standard InChI is InChI=1S/C10H20N4/c1-5-6-7-10(2,3)9-8-14(11-4)13-12-9/h8,11H,5-7H2,1-4H3. The van der Waals surface area contributed by atoms with Crippen LogP contribution in [0.3, 0.4) is 0 Å². The van der Waals surface area contributed by atoms with Gasteiger partial charge in [-0.15, -0.1) is 5.10 Å². The molecule has 1 rings (SSSR count). The van der Waals surface area contributed by atoms with Crippen LogP contribution >= 0.6 is 0 Å². The molecule has 0 spiro atoms. The summed E-state index contributed by atoms with van der Waals surface area (Å²) in [5.74, 6) is 0. The molecule has 0 radical (unpaired) electrons. The minimum atomic E-state index is 0.130. The van der Waals surface area contributed by atoms with E-state index in [9.17, 15) is 0 Å². The number of hydrogen-bond donors (Lipinski definition) is 1. The summed E-state index contributed by atoms with van der Waals surface area (Å²) in [7, 11) is 1.83. The van der Waals surface area contributed by atoms with Gasteiger partial charge in [-0.05, 0) is 11.6 Å². The first-order chi connectivity index (χ1) is 6.60. The molecule has 0 aromatic carbocycles. The van der Waals surface area contributed by atoms with Crippen LogP contribution in [0.25, 0.3) is 0 Å². The summed E-state index contributed by atoms with van der Waals surface area (Å²) in [6.45, 7) is 6.64. The van der Waals surface area contributed by atoms with Gasteiger partial charge in [0.1, 0.15) is 0 Å². The van der Waals surface area contributed by atoms with E-state index in [1.165, 1.54) is 12.8 Å². The molecule has 4 heteroatoms. The fraction of sp³-hybridized carbons (Fsp3) is 0.800. The van der Waals surface area contributed by atoms with E-state index in [1.807, 2.05) is 13.2 Å². The molecule has 0 unspecified atom stereocenters. The van der Waals surface area contributed by atoms with E-state index in [4.69, 9.17) is 0 Å². The Kier molecular flexibility index (Phi) is 3.49. The molecule has 0 fully saturated rings. The lowest BCUT2D eigenvalue weighted by atomic mass is 9.84. The number of rotatable bonds is 5. The monoisotopic (exact) mass is 196 g/mol. The van der Waals surface area contributed by atoms with Gasteiger partial charge in [0.2, 0.25) is 0 Å². The maximum absolute atomic E-state index is 4.16. The SMILES string of the molecule is CCCCC(C)(C)c1cn(NC)nn1. The van der Waals surface area contributed by atoms with Crippen molar-refractivity contribution in [3.63, 3.8) is 0 Å². The van der Waals surface area contributed by atoms with Crippen LogP contribution in [0.2, 0.25) is 0 Å². The quantitative estimate of drug-likeness (QED) is 0.782. The average molecular weight is 196 g/mol. The Labute approximate surface area is 85.7 Å². The van der Waals surface area contributed by atoms with E-state index in [0.29, 0.717) is 0 Å². The first-order valence-electron chi connectivity index (χ1n) is 5.20. The van der Waals surface area contributed by atoms with E-state index in [0.717, 1.165) is 12.1 Å². The van der Waals surface area contributed by atoms with E-state index >= 15 is 0 Å². The van der Waals surface area contributed by atoms with Gasteiger partial charge in [-0.1, -0.05) is 33.6 Å². The largest absolute Gasteiger partial charge is 0.312 e. The Balaban J connectivity index is 2.70. The molecule has 1 heterocycles. The highest BCUT2D eigenvalue weighted by molar-refractivity contribution is 5.08. The first-order valence-corrected chi connectivity index (χ1v) is 5.20. The molecule has 0 amide bonds. The molecule has 0 saturated heterocycles. The Bertz CT molecular complexity index is 277. The second-order valence-corrected chi connectivity index (χ2v) is 4.26. The summed E-state index contributed by atoms with van der Waals surface area (Å²) in [5.41, 5.74) is 4.10. The van der Waals surface area contributed by atoms with Crippen molar-refractivity contribution < 1.29 is 0 Å². The van der Waals surface area contributed by atoms with Crippen LogP contribution in [0, 0.1) is 0 Å². The molecule has 0 atom stereocenters. The van der Waals surface area contributed by atoms with Crippen LogP contribution in [0.1, 0.15) is 45.7 Å². The topological polar surface area (TPSA) is 42.7 Å². The molecule has 1 N–H and O–H groups in total. The van der Waals surface area contributed by atoms with Gasteiger partial charge in [0.05, 0.1) is 11.9 Å². The van der Waals surface area contributed by atoms with Gasteiger partial charge in [-0.3, -0.25) is 0 Å². The third-order valence-electron chi connectivity index (χ3n) is 2.57. The molecule has 0 aliphatic rings. The molecule has 1 aromatic rings. The summed E-state index contributed by atoms with van der Waals surface area (Å²) >= 11 is 0. The molecule has 14 heavy (non-hydrogen) atoms. The van der Waals surface area contributed by atoms with Crippen molar-refractivity contribution >= 4 is 0 Å². The Morgan fingerprint density at radius 2 is 2.21 bits per heavy atom. The predicted octanol–water partition coefficient (Wildman–Crippen LogP) is 1.92. The van der Waals surface area contributed by atoms with Crippen LogP contribution in [0.5, 0.6) is 0 Å². The van der Waals surface area contributed by atoms with Gasteiger partial charge >= 0.3 is 0 Å². The van der Waals surface area contributed by atoms with Gasteiger partial charge in [0.25, 0.3) is 0 Å². The van der Waals surface area contributed by atoms with Crippen LogP contribution in [0.15, 0.2) is 6.20 Å². The zero-order valence-electron chi connectivity index (χ0n) is 9.54. The molecular weight excluding hydrogens is 176 g/mol. The minimum Gasteiger partial charge on any atom is -0.312 e. The van der Waals surface area contributed by atoms with E-state index in [-0.39, 0.29) is 5.41 Å². The van der Waals surface area contributed by atoms with Gasteiger partial charge < -0.3 is 5.43 Å². The maximum atomic E-state index is 4.16. The number of nitrogens with zero attached hydrogens (tertiary/aromatic N) is 3. The summed E-state index contributed by atoms with van der Waals surface area (Å²) in [6.07, 6.45) is 5.57. The zero-order chi connectivity index (χ0) is 10.6. The van der Waals surface area contributed by atoms with E-state index in [1.54, 1.807) is 4.79 Å². The lowest BCUT2D eigenvalue weighted by molar-refractivity contribution is 0.445. The summed E-state index contributed by atoms with van der Waals surface area (Å²) in [4.78, 5) is 1.64. The second kappa shape index (κ2) is 4.44. The number of nitrogens with one attached hydrogen (secondary N) is 1. The van der Waals surface area contributed by atoms with E-state index < -0.39 is 0 Å². The summed E-state index contributed by atoms with van der Waals surface area (Å²) in [6, 6.07) is 0. The molecular formula is C10H20N4. The second-order valence-electron chi connectivity index (χ2n) is 4.26. The Morgan fingerprint density at radius 1 is 1.50 bits per heavy atom. The minimum absolute atomic E-state index is 0.130. The average Bonchev–Trinajstić information content (AvgIpc) is 2.63. The van der Waals surface area contributed by atoms with Crippen molar-refractivity contribution in [3.8, 4) is 0 Å². The maximum Gasteiger partial charge on any atom is 0.0905 e. The lowest BCUT2D eigenvalue weighted by Gasteiger charge is -2.20. The molecule has 0 saturated carbocycles. The van der Waals surface area contributed by atoms with Crippen molar-refractivity contribution in [1.29, 1.82) is 0 Å². The summed E-state index contributed by atoms with van der Waals surface area (Å²) in [5, 5.41) is 8.13. The van der Waals surface area contributed by atoms with E-state index in [2.05, 4.69) is 36.5 Å². The fourth-order valence-corrected chi connectivity index (χ4v) is 1.43. The van der Waals surface area contributed by atoms with Gasteiger partial charge in [0.15, 0.2) is 0 Å². The third kappa shape index (κ3) is 2.47. The smallest absolute Gasteiger partial charge is 0.0905 e. The van der Waals surface area contributed by atoms with Crippen molar-refractivity contribution in [2.75, 3.05) is 12.5 Å². The van der Waals surface area contributed by atoms with Crippen LogP contribution < -0.4 is 5.43 Å². The van der Waals surface area contributed by atoms with Crippen LogP contribution in [-0.2, 0) is 5.41 Å². The zero-order valence-corrected chi connectivity index (χ0v) is 9.54. The Morgan fingerprint density at radius 3 is 2.71 bits per heavy atom. The normalized spacial score (nSPS) is 11.7.